The maximum absolute atomic E-state index is 12.8. The number of aromatic hydroxyl groups is 1. The fourth-order valence-electron chi connectivity index (χ4n) is 1.75. The smallest absolute Gasteiger partial charge is 0.279 e. The fraction of sp³-hybridized carbons (Fsp3) is 0.125. The molecule has 0 fully saturated rings. The van der Waals surface area contributed by atoms with E-state index in [0.717, 1.165) is 0 Å². The highest BCUT2D eigenvalue weighted by atomic mass is 35.5. The van der Waals surface area contributed by atoms with Crippen LogP contribution in [0.4, 0.5) is 4.39 Å². The molecule has 1 atom stereocenters. The molecular formula is C16H14ClFN2O4. The van der Waals surface area contributed by atoms with E-state index in [2.05, 4.69) is 10.9 Å². The van der Waals surface area contributed by atoms with Crippen molar-refractivity contribution >= 4 is 23.4 Å². The molecule has 0 aromatic heterocycles. The van der Waals surface area contributed by atoms with Gasteiger partial charge >= 0.3 is 0 Å². The van der Waals surface area contributed by atoms with E-state index in [-0.39, 0.29) is 16.3 Å². The normalized spacial score (nSPS) is 11.5. The van der Waals surface area contributed by atoms with Crippen molar-refractivity contribution in [1.29, 1.82) is 0 Å². The summed E-state index contributed by atoms with van der Waals surface area (Å²) in [6.07, 6.45) is -0.941. The fourth-order valence-corrected chi connectivity index (χ4v) is 1.92. The topological polar surface area (TPSA) is 87.7 Å². The number of phenolic OH excluding ortho intramolecular Hbond substituents is 1. The molecule has 2 rings (SSSR count). The van der Waals surface area contributed by atoms with Crippen LogP contribution in [0.15, 0.2) is 42.5 Å². The van der Waals surface area contributed by atoms with Crippen molar-refractivity contribution in [3.8, 4) is 11.5 Å². The second-order valence-corrected chi connectivity index (χ2v) is 5.26. The minimum Gasteiger partial charge on any atom is -0.507 e. The molecule has 0 spiro atoms. The number of hydrogen-bond donors (Lipinski definition) is 3. The molecule has 0 heterocycles. The summed E-state index contributed by atoms with van der Waals surface area (Å²) in [7, 11) is 0. The van der Waals surface area contributed by atoms with Crippen molar-refractivity contribution in [3.63, 3.8) is 0 Å². The highest BCUT2D eigenvalue weighted by Gasteiger charge is 2.17. The molecule has 0 bridgehead atoms. The average Bonchev–Trinajstić information content (AvgIpc) is 2.56. The molecule has 2 aromatic carbocycles. The average molecular weight is 353 g/mol. The Bertz CT molecular complexity index is 752. The second-order valence-electron chi connectivity index (χ2n) is 4.82. The molecule has 6 nitrogen and oxygen atoms in total. The van der Waals surface area contributed by atoms with Crippen molar-refractivity contribution in [2.75, 3.05) is 0 Å². The number of benzene rings is 2. The molecule has 126 valence electrons. The Kier molecular flexibility index (Phi) is 5.59. The molecule has 2 aromatic rings. The number of ether oxygens (including phenoxy) is 1. The van der Waals surface area contributed by atoms with E-state index in [1.54, 1.807) is 0 Å². The van der Waals surface area contributed by atoms with Crippen LogP contribution < -0.4 is 15.6 Å². The number of amides is 2. The van der Waals surface area contributed by atoms with Crippen LogP contribution in [0.1, 0.15) is 17.3 Å². The lowest BCUT2D eigenvalue weighted by atomic mass is 10.2. The van der Waals surface area contributed by atoms with E-state index in [9.17, 15) is 19.1 Å². The minimum absolute atomic E-state index is 0.0880. The Morgan fingerprint density at radius 3 is 2.50 bits per heavy atom. The molecule has 2 amide bonds. The molecule has 3 N–H and O–H groups in total. The summed E-state index contributed by atoms with van der Waals surface area (Å²) in [4.78, 5) is 23.8. The molecule has 0 radical (unpaired) electrons. The summed E-state index contributed by atoms with van der Waals surface area (Å²) in [5.74, 6) is -1.76. The predicted molar refractivity (Wildman–Crippen MR) is 85.2 cm³/mol. The summed E-state index contributed by atoms with van der Waals surface area (Å²) in [5.41, 5.74) is 4.22. The lowest BCUT2D eigenvalue weighted by Gasteiger charge is -2.15. The zero-order valence-electron chi connectivity index (χ0n) is 12.5. The van der Waals surface area contributed by atoms with Crippen LogP contribution in [-0.2, 0) is 4.79 Å². The first-order chi connectivity index (χ1) is 11.4. The molecule has 0 saturated heterocycles. The van der Waals surface area contributed by atoms with E-state index in [4.69, 9.17) is 16.3 Å². The molecule has 0 aliphatic carbocycles. The van der Waals surface area contributed by atoms with Gasteiger partial charge in [-0.25, -0.2) is 4.39 Å². The maximum Gasteiger partial charge on any atom is 0.279 e. The highest BCUT2D eigenvalue weighted by Crippen LogP contribution is 2.21. The van der Waals surface area contributed by atoms with Crippen molar-refractivity contribution < 1.29 is 23.8 Å². The van der Waals surface area contributed by atoms with Crippen LogP contribution in [0.3, 0.4) is 0 Å². The lowest BCUT2D eigenvalue weighted by Crippen LogP contribution is -2.47. The zero-order valence-corrected chi connectivity index (χ0v) is 13.3. The third-order valence-electron chi connectivity index (χ3n) is 3.00. The van der Waals surface area contributed by atoms with Gasteiger partial charge in [0.05, 0.1) is 5.56 Å². The number of rotatable bonds is 4. The number of phenols is 1. The summed E-state index contributed by atoms with van der Waals surface area (Å²) in [6.45, 7) is 1.46. The Hall–Kier alpha value is -2.80. The number of carbonyl (C=O) groups is 2. The molecule has 0 aliphatic heterocycles. The van der Waals surface area contributed by atoms with Crippen molar-refractivity contribution in [1.82, 2.24) is 10.9 Å². The van der Waals surface area contributed by atoms with Crippen molar-refractivity contribution in [3.05, 3.63) is 58.9 Å². The molecule has 24 heavy (non-hydrogen) atoms. The van der Waals surface area contributed by atoms with Gasteiger partial charge in [0.25, 0.3) is 11.8 Å². The first-order valence-electron chi connectivity index (χ1n) is 6.88. The van der Waals surface area contributed by atoms with Gasteiger partial charge in [-0.1, -0.05) is 11.6 Å². The maximum atomic E-state index is 12.8. The number of nitrogens with one attached hydrogen (secondary N) is 2. The van der Waals surface area contributed by atoms with Crippen LogP contribution in [0, 0.1) is 5.82 Å². The van der Waals surface area contributed by atoms with Gasteiger partial charge in [-0.15, -0.1) is 0 Å². The van der Waals surface area contributed by atoms with Crippen LogP contribution in [0.25, 0.3) is 0 Å². The third kappa shape index (κ3) is 4.60. The predicted octanol–water partition coefficient (Wildman–Crippen LogP) is 2.41. The molecule has 1 unspecified atom stereocenters. The van der Waals surface area contributed by atoms with Crippen LogP contribution >= 0.6 is 11.6 Å². The molecule has 0 aliphatic rings. The van der Waals surface area contributed by atoms with E-state index in [0.29, 0.717) is 5.75 Å². The standard InChI is InChI=1S/C16H14ClFN2O4/c1-9(24-12-5-3-11(18)4-6-12)15(22)19-20-16(23)13-8-10(17)2-7-14(13)21/h2-9,21H,1H3,(H,19,22)(H,20,23). The van der Waals surface area contributed by atoms with Crippen molar-refractivity contribution in [2.45, 2.75) is 13.0 Å². The Morgan fingerprint density at radius 1 is 1.17 bits per heavy atom. The summed E-state index contributed by atoms with van der Waals surface area (Å²) < 4.78 is 18.1. The number of halogens is 2. The van der Waals surface area contributed by atoms with E-state index < -0.39 is 23.7 Å². The second kappa shape index (κ2) is 7.65. The van der Waals surface area contributed by atoms with Gasteiger partial charge in [0.2, 0.25) is 0 Å². The van der Waals surface area contributed by atoms with Crippen LogP contribution in [0.2, 0.25) is 5.02 Å². The zero-order chi connectivity index (χ0) is 17.7. The number of hydrazine groups is 1. The summed E-state index contributed by atoms with van der Waals surface area (Å²) in [5, 5.41) is 9.87. The quantitative estimate of drug-likeness (QED) is 0.737. The largest absolute Gasteiger partial charge is 0.507 e. The van der Waals surface area contributed by atoms with Gasteiger partial charge < -0.3 is 9.84 Å². The summed E-state index contributed by atoms with van der Waals surface area (Å²) in [6, 6.07) is 9.09. The van der Waals surface area contributed by atoms with Gasteiger partial charge in [-0.3, -0.25) is 20.4 Å². The monoisotopic (exact) mass is 352 g/mol. The number of carbonyl (C=O) groups excluding carboxylic acids is 2. The third-order valence-corrected chi connectivity index (χ3v) is 3.23. The van der Waals surface area contributed by atoms with Gasteiger partial charge in [-0.05, 0) is 49.4 Å². The van der Waals surface area contributed by atoms with Crippen LogP contribution in [-0.4, -0.2) is 23.0 Å². The van der Waals surface area contributed by atoms with E-state index in [1.165, 1.54) is 49.4 Å². The van der Waals surface area contributed by atoms with E-state index >= 15 is 0 Å². The first-order valence-corrected chi connectivity index (χ1v) is 7.25. The SMILES string of the molecule is CC(Oc1ccc(F)cc1)C(=O)NNC(=O)c1cc(Cl)ccc1O. The Labute approximate surface area is 142 Å². The van der Waals surface area contributed by atoms with E-state index in [1.807, 2.05) is 0 Å². The first kappa shape index (κ1) is 17.6. The van der Waals surface area contributed by atoms with Crippen LogP contribution in [0.5, 0.6) is 11.5 Å². The highest BCUT2D eigenvalue weighted by molar-refractivity contribution is 6.31. The van der Waals surface area contributed by atoms with Gasteiger partial charge in [0.15, 0.2) is 6.10 Å². The number of hydrogen-bond acceptors (Lipinski definition) is 4. The van der Waals surface area contributed by atoms with Crippen molar-refractivity contribution in [2.24, 2.45) is 0 Å². The van der Waals surface area contributed by atoms with Gasteiger partial charge in [0, 0.05) is 5.02 Å². The minimum atomic E-state index is -0.941. The molecule has 0 saturated carbocycles. The Morgan fingerprint density at radius 2 is 1.83 bits per heavy atom. The molecule has 8 heteroatoms. The Balaban J connectivity index is 1.91. The summed E-state index contributed by atoms with van der Waals surface area (Å²) >= 11 is 5.75. The molecular weight excluding hydrogens is 339 g/mol. The van der Waals surface area contributed by atoms with Gasteiger partial charge in [0.1, 0.15) is 17.3 Å². The van der Waals surface area contributed by atoms with Gasteiger partial charge in [-0.2, -0.15) is 0 Å². The lowest BCUT2D eigenvalue weighted by molar-refractivity contribution is -0.128.